The molecule has 3 aromatic heterocycles. The molecule has 0 saturated carbocycles. The van der Waals surface area contributed by atoms with E-state index in [1.165, 1.54) is 18.4 Å². The van der Waals surface area contributed by atoms with Gasteiger partial charge >= 0.3 is 0 Å². The molecule has 25 heavy (non-hydrogen) atoms. The molecule has 0 spiro atoms. The molecule has 1 aliphatic heterocycles. The Morgan fingerprint density at radius 3 is 3.04 bits per heavy atom. The van der Waals surface area contributed by atoms with Crippen molar-refractivity contribution in [1.29, 1.82) is 0 Å². The molecule has 0 unspecified atom stereocenters. The number of hydrogen-bond donors (Lipinski definition) is 1. The van der Waals surface area contributed by atoms with Gasteiger partial charge in [0.15, 0.2) is 0 Å². The van der Waals surface area contributed by atoms with Gasteiger partial charge in [0.2, 0.25) is 0 Å². The number of aliphatic hydroxyl groups excluding tert-OH is 1. The van der Waals surface area contributed by atoms with Crippen LogP contribution in [0.2, 0.25) is 0 Å². The lowest BCUT2D eigenvalue weighted by Gasteiger charge is -2.31. The summed E-state index contributed by atoms with van der Waals surface area (Å²) >= 11 is 0. The molecule has 0 radical (unpaired) electrons. The molecule has 1 fully saturated rings. The number of piperidine rings is 1. The Balaban J connectivity index is 1.49. The second-order valence-corrected chi connectivity index (χ2v) is 6.86. The first kappa shape index (κ1) is 16.3. The number of likely N-dealkylation sites (tertiary alicyclic amines) is 1. The van der Waals surface area contributed by atoms with Gasteiger partial charge in [-0.05, 0) is 44.5 Å². The molecule has 4 heterocycles. The molecule has 0 aliphatic carbocycles. The third kappa shape index (κ3) is 3.32. The van der Waals surface area contributed by atoms with Crippen molar-refractivity contribution in [2.24, 2.45) is 0 Å². The maximum absolute atomic E-state index is 9.06. The SMILES string of the molecule is Cc1nc(CN2CCC[C@@H](c3ccn(CCO)n3)C2)c2ccccn12. The lowest BCUT2D eigenvalue weighted by atomic mass is 9.95. The third-order valence-corrected chi connectivity index (χ3v) is 5.09. The van der Waals surface area contributed by atoms with Crippen LogP contribution < -0.4 is 0 Å². The summed E-state index contributed by atoms with van der Waals surface area (Å²) in [5.41, 5.74) is 3.50. The zero-order valence-electron chi connectivity index (χ0n) is 14.7. The van der Waals surface area contributed by atoms with Crippen LogP contribution in [0.15, 0.2) is 36.7 Å². The minimum absolute atomic E-state index is 0.130. The van der Waals surface area contributed by atoms with E-state index in [9.17, 15) is 0 Å². The van der Waals surface area contributed by atoms with Crippen molar-refractivity contribution in [1.82, 2.24) is 24.1 Å². The number of hydrogen-bond acceptors (Lipinski definition) is 4. The highest BCUT2D eigenvalue weighted by Crippen LogP contribution is 2.27. The first-order valence-corrected chi connectivity index (χ1v) is 9.03. The third-order valence-electron chi connectivity index (χ3n) is 5.09. The van der Waals surface area contributed by atoms with E-state index in [1.54, 1.807) is 0 Å². The summed E-state index contributed by atoms with van der Waals surface area (Å²) < 4.78 is 3.99. The molecular weight excluding hydrogens is 314 g/mol. The number of rotatable bonds is 5. The second-order valence-electron chi connectivity index (χ2n) is 6.86. The lowest BCUT2D eigenvalue weighted by Crippen LogP contribution is -2.34. The topological polar surface area (TPSA) is 58.6 Å². The summed E-state index contributed by atoms with van der Waals surface area (Å²) in [5, 5.41) is 13.7. The molecule has 0 bridgehead atoms. The highest BCUT2D eigenvalue weighted by atomic mass is 16.3. The fourth-order valence-electron chi connectivity index (χ4n) is 3.86. The number of aliphatic hydroxyl groups is 1. The maximum Gasteiger partial charge on any atom is 0.110 e. The minimum Gasteiger partial charge on any atom is -0.394 e. The summed E-state index contributed by atoms with van der Waals surface area (Å²) in [6.07, 6.45) is 6.41. The van der Waals surface area contributed by atoms with Crippen molar-refractivity contribution in [3.8, 4) is 0 Å². The van der Waals surface area contributed by atoms with Crippen LogP contribution in [-0.2, 0) is 13.1 Å². The number of nitrogens with zero attached hydrogens (tertiary/aromatic N) is 5. The molecule has 1 atom stereocenters. The maximum atomic E-state index is 9.06. The van der Waals surface area contributed by atoms with E-state index in [0.29, 0.717) is 12.5 Å². The Labute approximate surface area is 147 Å². The van der Waals surface area contributed by atoms with E-state index in [1.807, 2.05) is 16.9 Å². The minimum atomic E-state index is 0.130. The van der Waals surface area contributed by atoms with E-state index in [2.05, 4.69) is 45.7 Å². The molecule has 0 aromatic carbocycles. The van der Waals surface area contributed by atoms with Crippen LogP contribution in [0, 0.1) is 6.92 Å². The van der Waals surface area contributed by atoms with Crippen LogP contribution in [0.4, 0.5) is 0 Å². The Bertz CT molecular complexity index is 852. The van der Waals surface area contributed by atoms with Gasteiger partial charge in [0.25, 0.3) is 0 Å². The van der Waals surface area contributed by atoms with Crippen LogP contribution in [0.5, 0.6) is 0 Å². The van der Waals surface area contributed by atoms with Crippen molar-refractivity contribution in [2.75, 3.05) is 19.7 Å². The summed E-state index contributed by atoms with van der Waals surface area (Å²) in [7, 11) is 0. The van der Waals surface area contributed by atoms with Gasteiger partial charge in [0, 0.05) is 31.4 Å². The van der Waals surface area contributed by atoms with Crippen LogP contribution in [-0.4, -0.2) is 48.9 Å². The highest BCUT2D eigenvalue weighted by molar-refractivity contribution is 5.53. The van der Waals surface area contributed by atoms with Crippen LogP contribution in [0.25, 0.3) is 5.52 Å². The van der Waals surface area contributed by atoms with Crippen LogP contribution >= 0.6 is 0 Å². The van der Waals surface area contributed by atoms with Crippen molar-refractivity contribution < 1.29 is 5.11 Å². The molecule has 1 N–H and O–H groups in total. The number of aromatic nitrogens is 4. The number of fused-ring (bicyclic) bond motifs is 1. The summed E-state index contributed by atoms with van der Waals surface area (Å²) in [6, 6.07) is 8.37. The predicted octanol–water partition coefficient (Wildman–Crippen LogP) is 2.21. The van der Waals surface area contributed by atoms with Crippen molar-refractivity contribution in [3.05, 3.63) is 53.9 Å². The zero-order chi connectivity index (χ0) is 17.2. The van der Waals surface area contributed by atoms with Crippen molar-refractivity contribution >= 4 is 5.52 Å². The molecule has 132 valence electrons. The van der Waals surface area contributed by atoms with Crippen molar-refractivity contribution in [3.63, 3.8) is 0 Å². The molecule has 0 amide bonds. The zero-order valence-corrected chi connectivity index (χ0v) is 14.7. The molecular formula is C19H25N5O. The van der Waals surface area contributed by atoms with Gasteiger partial charge in [-0.25, -0.2) is 4.98 Å². The van der Waals surface area contributed by atoms with E-state index in [0.717, 1.165) is 36.8 Å². The van der Waals surface area contributed by atoms with Gasteiger partial charge in [-0.3, -0.25) is 9.58 Å². The average Bonchev–Trinajstić information content (AvgIpc) is 3.22. The Morgan fingerprint density at radius 2 is 2.16 bits per heavy atom. The van der Waals surface area contributed by atoms with Gasteiger partial charge in [-0.2, -0.15) is 5.10 Å². The van der Waals surface area contributed by atoms with E-state index in [4.69, 9.17) is 10.1 Å². The summed E-state index contributed by atoms with van der Waals surface area (Å²) in [5.74, 6) is 1.51. The molecule has 6 nitrogen and oxygen atoms in total. The van der Waals surface area contributed by atoms with E-state index in [-0.39, 0.29) is 6.61 Å². The fourth-order valence-corrected chi connectivity index (χ4v) is 3.86. The molecule has 1 saturated heterocycles. The monoisotopic (exact) mass is 339 g/mol. The van der Waals surface area contributed by atoms with Crippen LogP contribution in [0.1, 0.15) is 36.0 Å². The first-order valence-electron chi connectivity index (χ1n) is 9.03. The largest absolute Gasteiger partial charge is 0.394 e. The standard InChI is InChI=1S/C19H25N5O/c1-15-20-18(19-6-2-3-9-24(15)19)14-22-8-4-5-16(13-22)17-7-10-23(21-17)11-12-25/h2-3,6-7,9-10,16,25H,4-5,8,11-14H2,1H3/t16-/m1/s1. The normalized spacial score (nSPS) is 18.9. The van der Waals surface area contributed by atoms with E-state index >= 15 is 0 Å². The van der Waals surface area contributed by atoms with E-state index < -0.39 is 0 Å². The smallest absolute Gasteiger partial charge is 0.110 e. The number of imidazole rings is 1. The van der Waals surface area contributed by atoms with Crippen LogP contribution in [0.3, 0.4) is 0 Å². The van der Waals surface area contributed by atoms with Gasteiger partial charge in [-0.15, -0.1) is 0 Å². The summed E-state index contributed by atoms with van der Waals surface area (Å²) in [6.45, 7) is 5.76. The summed E-state index contributed by atoms with van der Waals surface area (Å²) in [4.78, 5) is 7.28. The van der Waals surface area contributed by atoms with Gasteiger partial charge in [-0.1, -0.05) is 6.07 Å². The van der Waals surface area contributed by atoms with Crippen molar-refractivity contribution in [2.45, 2.75) is 38.8 Å². The van der Waals surface area contributed by atoms with Gasteiger partial charge < -0.3 is 9.51 Å². The number of pyridine rings is 1. The first-order chi connectivity index (χ1) is 12.2. The fraction of sp³-hybridized carbons (Fsp3) is 0.474. The molecule has 4 rings (SSSR count). The Morgan fingerprint density at radius 1 is 1.24 bits per heavy atom. The Hall–Kier alpha value is -2.18. The van der Waals surface area contributed by atoms with Gasteiger partial charge in [0.1, 0.15) is 5.82 Å². The molecule has 3 aromatic rings. The van der Waals surface area contributed by atoms with Gasteiger partial charge in [0.05, 0.1) is 30.1 Å². The average molecular weight is 339 g/mol. The highest BCUT2D eigenvalue weighted by Gasteiger charge is 2.24. The predicted molar refractivity (Wildman–Crippen MR) is 96.5 cm³/mol. The molecule has 1 aliphatic rings. The Kier molecular flexibility index (Phi) is 4.55. The lowest BCUT2D eigenvalue weighted by molar-refractivity contribution is 0.196. The molecule has 6 heteroatoms. The quantitative estimate of drug-likeness (QED) is 0.774. The second kappa shape index (κ2) is 6.98. The number of aryl methyl sites for hydroxylation is 1.